The summed E-state index contributed by atoms with van der Waals surface area (Å²) in [6, 6.07) is 12.3. The summed E-state index contributed by atoms with van der Waals surface area (Å²) in [5.74, 6) is -0.889. The molecular formula is C28H36Cl2FN3O3. The largest absolute Gasteiger partial charge is 0.381 e. The summed E-state index contributed by atoms with van der Waals surface area (Å²) in [6.07, 6.45) is 3.53. The van der Waals surface area contributed by atoms with E-state index < -0.39 is 5.82 Å². The van der Waals surface area contributed by atoms with E-state index in [0.29, 0.717) is 23.3 Å². The molecule has 0 saturated carbocycles. The van der Waals surface area contributed by atoms with E-state index in [1.54, 1.807) is 0 Å². The molecule has 2 aromatic carbocycles. The van der Waals surface area contributed by atoms with Gasteiger partial charge >= 0.3 is 0 Å². The van der Waals surface area contributed by atoms with Crippen LogP contribution in [-0.4, -0.2) is 44.2 Å². The van der Waals surface area contributed by atoms with Crippen LogP contribution in [0.3, 0.4) is 0 Å². The number of rotatable bonds is 6. The van der Waals surface area contributed by atoms with Gasteiger partial charge in [0.2, 0.25) is 12.3 Å². The van der Waals surface area contributed by atoms with Gasteiger partial charge < -0.3 is 20.7 Å². The third kappa shape index (κ3) is 8.95. The van der Waals surface area contributed by atoms with Crippen LogP contribution < -0.4 is 16.0 Å². The van der Waals surface area contributed by atoms with Crippen molar-refractivity contribution in [1.82, 2.24) is 10.6 Å². The molecule has 4 rings (SSSR count). The molecule has 0 aliphatic carbocycles. The Labute approximate surface area is 228 Å². The van der Waals surface area contributed by atoms with Gasteiger partial charge in [0.15, 0.2) is 0 Å². The molecule has 3 atom stereocenters. The van der Waals surface area contributed by atoms with Gasteiger partial charge in [-0.25, -0.2) is 4.39 Å². The number of hydrogen-bond acceptors (Lipinski definition) is 4. The van der Waals surface area contributed by atoms with Crippen LogP contribution in [0.4, 0.5) is 10.1 Å². The lowest BCUT2D eigenvalue weighted by molar-refractivity contribution is -0.120. The first kappa shape index (κ1) is 29.4. The molecule has 6 nitrogen and oxygen atoms in total. The molecular weight excluding hydrogens is 516 g/mol. The summed E-state index contributed by atoms with van der Waals surface area (Å²) in [6.45, 7) is 8.75. The summed E-state index contributed by atoms with van der Waals surface area (Å²) in [5, 5.41) is 9.81. The molecule has 2 aliphatic rings. The van der Waals surface area contributed by atoms with E-state index in [2.05, 4.69) is 36.7 Å². The third-order valence-electron chi connectivity index (χ3n) is 6.59. The lowest BCUT2D eigenvalue weighted by atomic mass is 9.78. The summed E-state index contributed by atoms with van der Waals surface area (Å²) < 4.78 is 18.5. The number of ether oxygens (including phenoxy) is 1. The minimum atomic E-state index is -0.510. The van der Waals surface area contributed by atoms with Gasteiger partial charge in [0, 0.05) is 48.5 Å². The number of anilines is 1. The lowest BCUT2D eigenvalue weighted by Gasteiger charge is -2.29. The highest BCUT2D eigenvalue weighted by molar-refractivity contribution is 6.31. The van der Waals surface area contributed by atoms with Gasteiger partial charge in [-0.2, -0.15) is 0 Å². The van der Waals surface area contributed by atoms with Crippen LogP contribution in [0.1, 0.15) is 51.5 Å². The molecule has 2 fully saturated rings. The minimum Gasteiger partial charge on any atom is -0.381 e. The van der Waals surface area contributed by atoms with Crippen LogP contribution in [0.2, 0.25) is 10.0 Å². The molecule has 2 aliphatic heterocycles. The summed E-state index contributed by atoms with van der Waals surface area (Å²) >= 11 is 12.0. The maximum absolute atomic E-state index is 13.4. The number of carbonyl (C=O) groups is 2. The Balaban J connectivity index is 0.000000356. The summed E-state index contributed by atoms with van der Waals surface area (Å²) in [4.78, 5) is 23.2. The second kappa shape index (κ2) is 13.6. The fraction of sp³-hybridized carbons (Fsp3) is 0.500. The third-order valence-corrected chi connectivity index (χ3v) is 7.12. The van der Waals surface area contributed by atoms with Crippen molar-refractivity contribution in [2.24, 2.45) is 11.3 Å². The molecule has 9 heteroatoms. The van der Waals surface area contributed by atoms with Crippen molar-refractivity contribution in [1.29, 1.82) is 0 Å². The van der Waals surface area contributed by atoms with E-state index in [1.165, 1.54) is 18.2 Å². The number of hydrogen-bond donors (Lipinski definition) is 3. The number of nitrogens with one attached hydrogen (secondary N) is 3. The highest BCUT2D eigenvalue weighted by atomic mass is 35.5. The monoisotopic (exact) mass is 551 g/mol. The SMILES string of the molecule is CC(C)(C)CC1NCC(c2cccc(Cl)c2)C1C(=O)Nc1ccc(F)c(Cl)c1.O=CNC1CCOCC1. The summed E-state index contributed by atoms with van der Waals surface area (Å²) in [5.41, 5.74) is 1.59. The Hall–Kier alpha value is -2.19. The second-order valence-electron chi connectivity index (χ2n) is 10.8. The first-order chi connectivity index (χ1) is 17.6. The van der Waals surface area contributed by atoms with E-state index >= 15 is 0 Å². The minimum absolute atomic E-state index is 0.00182. The first-order valence-corrected chi connectivity index (χ1v) is 13.3. The van der Waals surface area contributed by atoms with Crippen LogP contribution >= 0.6 is 23.2 Å². The Morgan fingerprint density at radius 3 is 2.51 bits per heavy atom. The molecule has 2 amide bonds. The predicted molar refractivity (Wildman–Crippen MR) is 147 cm³/mol. The number of amides is 2. The van der Waals surface area contributed by atoms with Gasteiger partial charge in [0.25, 0.3) is 0 Å². The van der Waals surface area contributed by atoms with E-state index in [1.807, 2.05) is 24.3 Å². The Kier molecular flexibility index (Phi) is 10.8. The average molecular weight is 553 g/mol. The van der Waals surface area contributed by atoms with E-state index in [4.69, 9.17) is 27.9 Å². The molecule has 0 bridgehead atoms. The predicted octanol–water partition coefficient (Wildman–Crippen LogP) is 5.79. The maximum atomic E-state index is 13.4. The maximum Gasteiger partial charge on any atom is 0.229 e. The smallest absolute Gasteiger partial charge is 0.229 e. The fourth-order valence-corrected chi connectivity index (χ4v) is 5.24. The quantitative estimate of drug-likeness (QED) is 0.397. The topological polar surface area (TPSA) is 79.5 Å². The first-order valence-electron chi connectivity index (χ1n) is 12.6. The zero-order valence-corrected chi connectivity index (χ0v) is 23.0. The van der Waals surface area contributed by atoms with Gasteiger partial charge in [-0.05, 0) is 60.6 Å². The second-order valence-corrected chi connectivity index (χ2v) is 11.6. The van der Waals surface area contributed by atoms with Crippen molar-refractivity contribution in [2.45, 2.75) is 58.0 Å². The van der Waals surface area contributed by atoms with Crippen LogP contribution in [0.25, 0.3) is 0 Å². The van der Waals surface area contributed by atoms with Crippen molar-refractivity contribution >= 4 is 41.2 Å². The van der Waals surface area contributed by atoms with Crippen LogP contribution in [0, 0.1) is 17.2 Å². The van der Waals surface area contributed by atoms with Crippen molar-refractivity contribution in [2.75, 3.05) is 25.1 Å². The molecule has 2 heterocycles. The van der Waals surface area contributed by atoms with Crippen molar-refractivity contribution in [3.05, 3.63) is 63.9 Å². The summed E-state index contributed by atoms with van der Waals surface area (Å²) in [7, 11) is 0. The van der Waals surface area contributed by atoms with Crippen LogP contribution in [0.15, 0.2) is 42.5 Å². The molecule has 3 N–H and O–H groups in total. The van der Waals surface area contributed by atoms with Gasteiger partial charge in [-0.3, -0.25) is 9.59 Å². The lowest BCUT2D eigenvalue weighted by Crippen LogP contribution is -2.38. The van der Waals surface area contributed by atoms with Crippen LogP contribution in [0.5, 0.6) is 0 Å². The molecule has 2 aromatic rings. The average Bonchev–Trinajstić information content (AvgIpc) is 3.25. The Morgan fingerprint density at radius 2 is 1.89 bits per heavy atom. The van der Waals surface area contributed by atoms with Gasteiger partial charge in [0.05, 0.1) is 10.9 Å². The molecule has 0 spiro atoms. The highest BCUT2D eigenvalue weighted by Gasteiger charge is 2.43. The number of benzene rings is 2. The zero-order valence-electron chi connectivity index (χ0n) is 21.5. The normalized spacial score (nSPS) is 22.1. The number of carbonyl (C=O) groups excluding carboxylic acids is 2. The van der Waals surface area contributed by atoms with Gasteiger partial charge in [-0.1, -0.05) is 56.1 Å². The molecule has 3 unspecified atom stereocenters. The van der Waals surface area contributed by atoms with Crippen molar-refractivity contribution in [3.63, 3.8) is 0 Å². The molecule has 0 aromatic heterocycles. The van der Waals surface area contributed by atoms with Gasteiger partial charge in [0.1, 0.15) is 5.82 Å². The molecule has 202 valence electrons. The highest BCUT2D eigenvalue weighted by Crippen LogP contribution is 2.38. The van der Waals surface area contributed by atoms with Crippen LogP contribution in [-0.2, 0) is 14.3 Å². The Morgan fingerprint density at radius 1 is 1.16 bits per heavy atom. The Bertz CT molecular complexity index is 1060. The molecule has 0 radical (unpaired) electrons. The van der Waals surface area contributed by atoms with Crippen molar-refractivity contribution < 1.29 is 18.7 Å². The van der Waals surface area contributed by atoms with E-state index in [9.17, 15) is 14.0 Å². The van der Waals surface area contributed by atoms with Crippen molar-refractivity contribution in [3.8, 4) is 0 Å². The molecule has 37 heavy (non-hydrogen) atoms. The van der Waals surface area contributed by atoms with E-state index in [0.717, 1.165) is 44.4 Å². The zero-order chi connectivity index (χ0) is 27.0. The number of halogens is 3. The fourth-order valence-electron chi connectivity index (χ4n) is 4.86. The standard InChI is InChI=1S/C22H25Cl2FN2O.C6H11NO2/c1-22(2,3)11-19-20(16(12-26-19)13-5-4-6-14(23)9-13)21(28)27-15-7-8-18(25)17(24)10-15;8-5-7-6-1-3-9-4-2-6/h4-10,16,19-20,26H,11-12H2,1-3H3,(H,27,28);5-6H,1-4H2,(H,7,8). The van der Waals surface area contributed by atoms with Gasteiger partial charge in [-0.15, -0.1) is 0 Å². The van der Waals surface area contributed by atoms with E-state index in [-0.39, 0.29) is 34.2 Å². The molecule has 2 saturated heterocycles.